The van der Waals surface area contributed by atoms with Crippen LogP contribution < -0.4 is 5.56 Å². The summed E-state index contributed by atoms with van der Waals surface area (Å²) in [5.41, 5.74) is 1.94. The molecular weight excluding hydrogens is 302 g/mol. The molecule has 1 aromatic carbocycles. The van der Waals surface area contributed by atoms with Crippen LogP contribution in [0.5, 0.6) is 0 Å². The van der Waals surface area contributed by atoms with Crippen LogP contribution in [0.4, 0.5) is 0 Å². The second-order valence-electron chi connectivity index (χ2n) is 5.43. The summed E-state index contributed by atoms with van der Waals surface area (Å²) in [5.74, 6) is -0.189. The average molecular weight is 319 g/mol. The molecule has 2 heterocycles. The van der Waals surface area contributed by atoms with Crippen molar-refractivity contribution in [1.29, 1.82) is 0 Å². The van der Waals surface area contributed by atoms with Gasteiger partial charge in [-0.2, -0.15) is 0 Å². The molecule has 3 rings (SSSR count). The Morgan fingerprint density at radius 2 is 1.79 bits per heavy atom. The van der Waals surface area contributed by atoms with Crippen molar-refractivity contribution in [2.24, 2.45) is 0 Å². The Morgan fingerprint density at radius 1 is 1.04 bits per heavy atom. The number of amides is 1. The normalized spacial score (nSPS) is 11.7. The van der Waals surface area contributed by atoms with Crippen molar-refractivity contribution < 1.29 is 4.79 Å². The van der Waals surface area contributed by atoms with E-state index in [9.17, 15) is 9.59 Å². The fraction of sp³-hybridized carbons (Fsp3) is 0.105. The maximum Gasteiger partial charge on any atom is 0.255 e. The lowest BCUT2D eigenvalue weighted by Crippen LogP contribution is -2.32. The molecule has 0 aliphatic carbocycles. The molecule has 0 aliphatic heterocycles. The smallest absolute Gasteiger partial charge is 0.255 e. The predicted octanol–water partition coefficient (Wildman–Crippen LogP) is 2.63. The standard InChI is InChI=1S/C19H17N3O2/c1-22(19(24)15-10-11-17(23)21-13-15)18(14-7-3-2-4-8-14)16-9-5-6-12-20-16/h2-13,18H,1H3,(H,21,23). The molecule has 1 atom stereocenters. The van der Waals surface area contributed by atoms with Crippen LogP contribution in [0.3, 0.4) is 0 Å². The lowest BCUT2D eigenvalue weighted by molar-refractivity contribution is 0.0752. The third kappa shape index (κ3) is 3.25. The topological polar surface area (TPSA) is 66.1 Å². The largest absolute Gasteiger partial charge is 0.329 e. The van der Waals surface area contributed by atoms with E-state index in [1.807, 2.05) is 48.5 Å². The number of pyridine rings is 2. The van der Waals surface area contributed by atoms with Crippen LogP contribution in [0.2, 0.25) is 0 Å². The van der Waals surface area contributed by atoms with Gasteiger partial charge in [-0.05, 0) is 23.8 Å². The van der Waals surface area contributed by atoms with Gasteiger partial charge in [0.2, 0.25) is 5.56 Å². The number of aromatic amines is 1. The Kier molecular flexibility index (Phi) is 4.52. The molecule has 0 saturated heterocycles. The fourth-order valence-electron chi connectivity index (χ4n) is 2.63. The molecule has 1 N–H and O–H groups in total. The number of carbonyl (C=O) groups excluding carboxylic acids is 1. The summed E-state index contributed by atoms with van der Waals surface area (Å²) in [4.78, 5) is 32.6. The van der Waals surface area contributed by atoms with Crippen LogP contribution in [0.15, 0.2) is 77.9 Å². The molecule has 0 fully saturated rings. The average Bonchev–Trinajstić information content (AvgIpc) is 2.64. The van der Waals surface area contributed by atoms with E-state index in [2.05, 4.69) is 9.97 Å². The second kappa shape index (κ2) is 6.91. The lowest BCUT2D eigenvalue weighted by Gasteiger charge is -2.28. The summed E-state index contributed by atoms with van der Waals surface area (Å²) in [7, 11) is 1.74. The number of nitrogens with zero attached hydrogens (tertiary/aromatic N) is 2. The van der Waals surface area contributed by atoms with Gasteiger partial charge in [0.05, 0.1) is 17.3 Å². The van der Waals surface area contributed by atoms with Crippen LogP contribution in [-0.4, -0.2) is 27.8 Å². The van der Waals surface area contributed by atoms with E-state index < -0.39 is 0 Å². The molecule has 3 aromatic rings. The molecule has 0 bridgehead atoms. The lowest BCUT2D eigenvalue weighted by atomic mass is 10.0. The van der Waals surface area contributed by atoms with Crippen molar-refractivity contribution in [3.05, 3.63) is 100 Å². The Morgan fingerprint density at radius 3 is 2.42 bits per heavy atom. The first-order valence-corrected chi connectivity index (χ1v) is 7.58. The van der Waals surface area contributed by atoms with Crippen LogP contribution in [0, 0.1) is 0 Å². The Labute approximate surface area is 139 Å². The molecule has 0 aliphatic rings. The molecule has 5 nitrogen and oxygen atoms in total. The summed E-state index contributed by atoms with van der Waals surface area (Å²) >= 11 is 0. The summed E-state index contributed by atoms with van der Waals surface area (Å²) in [6.45, 7) is 0. The number of hydrogen-bond donors (Lipinski definition) is 1. The van der Waals surface area contributed by atoms with Gasteiger partial charge < -0.3 is 9.88 Å². The summed E-state index contributed by atoms with van der Waals surface area (Å²) in [6, 6.07) is 17.9. The van der Waals surface area contributed by atoms with Crippen molar-refractivity contribution in [3.8, 4) is 0 Å². The molecule has 1 amide bonds. The minimum absolute atomic E-state index is 0.189. The maximum absolute atomic E-state index is 12.8. The van der Waals surface area contributed by atoms with Crippen LogP contribution in [-0.2, 0) is 0 Å². The minimum Gasteiger partial charge on any atom is -0.329 e. The van der Waals surface area contributed by atoms with E-state index in [1.165, 1.54) is 18.3 Å². The van der Waals surface area contributed by atoms with Crippen molar-refractivity contribution in [2.45, 2.75) is 6.04 Å². The number of rotatable bonds is 4. The number of carbonyl (C=O) groups is 1. The fourth-order valence-corrected chi connectivity index (χ4v) is 2.63. The SMILES string of the molecule is CN(C(=O)c1ccc(=O)[nH]c1)C(c1ccccc1)c1ccccn1. The van der Waals surface area contributed by atoms with E-state index in [4.69, 9.17) is 0 Å². The van der Waals surface area contributed by atoms with Crippen LogP contribution in [0.1, 0.15) is 27.7 Å². The van der Waals surface area contributed by atoms with Crippen LogP contribution in [0.25, 0.3) is 0 Å². The van der Waals surface area contributed by atoms with Gasteiger partial charge in [-0.25, -0.2) is 0 Å². The Balaban J connectivity index is 2.00. The number of aromatic nitrogens is 2. The van der Waals surface area contributed by atoms with Crippen LogP contribution >= 0.6 is 0 Å². The van der Waals surface area contributed by atoms with Crippen molar-refractivity contribution in [3.63, 3.8) is 0 Å². The van der Waals surface area contributed by atoms with Gasteiger partial charge in [0.15, 0.2) is 0 Å². The monoisotopic (exact) mass is 319 g/mol. The first kappa shape index (κ1) is 15.7. The predicted molar refractivity (Wildman–Crippen MR) is 91.7 cm³/mol. The summed E-state index contributed by atoms with van der Waals surface area (Å²) in [6.07, 6.45) is 3.14. The zero-order valence-electron chi connectivity index (χ0n) is 13.2. The van der Waals surface area contributed by atoms with Gasteiger partial charge in [0.25, 0.3) is 5.91 Å². The number of nitrogens with one attached hydrogen (secondary N) is 1. The van der Waals surface area contributed by atoms with Gasteiger partial charge in [0, 0.05) is 25.5 Å². The summed E-state index contributed by atoms with van der Waals surface area (Å²) in [5, 5.41) is 0. The highest BCUT2D eigenvalue weighted by atomic mass is 16.2. The molecule has 0 radical (unpaired) electrons. The molecular formula is C19H17N3O2. The highest BCUT2D eigenvalue weighted by molar-refractivity contribution is 5.94. The van der Waals surface area contributed by atoms with Crippen molar-refractivity contribution in [1.82, 2.24) is 14.9 Å². The molecule has 5 heteroatoms. The zero-order valence-corrected chi connectivity index (χ0v) is 13.2. The number of H-pyrrole nitrogens is 1. The highest BCUT2D eigenvalue weighted by Gasteiger charge is 2.25. The van der Waals surface area contributed by atoms with E-state index in [0.29, 0.717) is 5.56 Å². The van der Waals surface area contributed by atoms with Gasteiger partial charge in [-0.15, -0.1) is 0 Å². The van der Waals surface area contributed by atoms with Gasteiger partial charge >= 0.3 is 0 Å². The van der Waals surface area contributed by atoms with Gasteiger partial charge in [-0.3, -0.25) is 14.6 Å². The molecule has 24 heavy (non-hydrogen) atoms. The molecule has 0 spiro atoms. The third-order valence-corrected chi connectivity index (χ3v) is 3.82. The first-order chi connectivity index (χ1) is 11.7. The molecule has 120 valence electrons. The summed E-state index contributed by atoms with van der Waals surface area (Å²) < 4.78 is 0. The number of hydrogen-bond acceptors (Lipinski definition) is 3. The van der Waals surface area contributed by atoms with Gasteiger partial charge in [0.1, 0.15) is 0 Å². The minimum atomic E-state index is -0.313. The van der Waals surface area contributed by atoms with E-state index in [0.717, 1.165) is 11.3 Å². The zero-order chi connectivity index (χ0) is 16.9. The molecule has 2 aromatic heterocycles. The third-order valence-electron chi connectivity index (χ3n) is 3.82. The highest BCUT2D eigenvalue weighted by Crippen LogP contribution is 2.27. The molecule has 1 unspecified atom stereocenters. The van der Waals surface area contributed by atoms with E-state index >= 15 is 0 Å². The maximum atomic E-state index is 12.8. The van der Waals surface area contributed by atoms with Crippen molar-refractivity contribution >= 4 is 5.91 Å². The van der Waals surface area contributed by atoms with Gasteiger partial charge in [-0.1, -0.05) is 36.4 Å². The Bertz CT molecular complexity index is 816. The molecule has 0 saturated carbocycles. The second-order valence-corrected chi connectivity index (χ2v) is 5.43. The van der Waals surface area contributed by atoms with Crippen molar-refractivity contribution in [2.75, 3.05) is 7.05 Å². The van der Waals surface area contributed by atoms with E-state index in [1.54, 1.807) is 18.1 Å². The quantitative estimate of drug-likeness (QED) is 0.804. The van der Waals surface area contributed by atoms with E-state index in [-0.39, 0.29) is 17.5 Å². The Hall–Kier alpha value is -3.21. The number of benzene rings is 1. The first-order valence-electron chi connectivity index (χ1n) is 7.58.